The van der Waals surface area contributed by atoms with Gasteiger partial charge in [-0.2, -0.15) is 0 Å². The highest BCUT2D eigenvalue weighted by Gasteiger charge is 2.64. The molecule has 2 aliphatic heterocycles. The maximum absolute atomic E-state index is 12.4. The molecule has 4 fully saturated rings. The Balaban J connectivity index is 1.42. The zero-order valence-electron chi connectivity index (χ0n) is 15.0. The van der Waals surface area contributed by atoms with Crippen LogP contribution in [0, 0.1) is 23.2 Å². The minimum Gasteiger partial charge on any atom is -0.462 e. The van der Waals surface area contributed by atoms with Crippen molar-refractivity contribution in [3.05, 3.63) is 0 Å². The highest BCUT2D eigenvalue weighted by molar-refractivity contribution is 5.75. The molecule has 0 aromatic heterocycles. The van der Waals surface area contributed by atoms with Crippen LogP contribution in [0.3, 0.4) is 0 Å². The van der Waals surface area contributed by atoms with Crippen molar-refractivity contribution < 1.29 is 19.0 Å². The number of epoxide rings is 1. The van der Waals surface area contributed by atoms with Crippen LogP contribution >= 0.6 is 0 Å². The summed E-state index contributed by atoms with van der Waals surface area (Å²) in [6.07, 6.45) is 6.94. The second-order valence-electron chi connectivity index (χ2n) is 8.65. The summed E-state index contributed by atoms with van der Waals surface area (Å²) in [5.41, 5.74) is 0.428. The van der Waals surface area contributed by atoms with E-state index in [1.165, 1.54) is 19.3 Å². The summed E-state index contributed by atoms with van der Waals surface area (Å²) in [5.74, 6) is 0.993. The van der Waals surface area contributed by atoms with Crippen LogP contribution in [-0.4, -0.2) is 51.1 Å². The molecule has 2 aliphatic carbocycles. The van der Waals surface area contributed by atoms with Crippen molar-refractivity contribution >= 4 is 5.97 Å². The molecular formula is C19H31NO4. The molecule has 1 N–H and O–H groups in total. The van der Waals surface area contributed by atoms with Gasteiger partial charge < -0.3 is 19.5 Å². The normalized spacial score (nSPS) is 46.5. The Hall–Kier alpha value is -0.650. The van der Waals surface area contributed by atoms with Gasteiger partial charge in [0.2, 0.25) is 0 Å². The van der Waals surface area contributed by atoms with E-state index >= 15 is 0 Å². The molecule has 0 unspecified atom stereocenters. The molecular weight excluding hydrogens is 306 g/mol. The van der Waals surface area contributed by atoms with Crippen LogP contribution in [0.1, 0.15) is 45.4 Å². The first-order chi connectivity index (χ1) is 11.6. The molecule has 1 spiro atoms. The molecule has 24 heavy (non-hydrogen) atoms. The van der Waals surface area contributed by atoms with Crippen LogP contribution in [0.25, 0.3) is 0 Å². The Morgan fingerprint density at radius 1 is 1.38 bits per heavy atom. The molecule has 2 saturated carbocycles. The minimum atomic E-state index is 0.0113. The van der Waals surface area contributed by atoms with Crippen molar-refractivity contribution in [3.63, 3.8) is 0 Å². The van der Waals surface area contributed by atoms with Crippen molar-refractivity contribution in [1.29, 1.82) is 0 Å². The summed E-state index contributed by atoms with van der Waals surface area (Å²) >= 11 is 0. The second-order valence-corrected chi connectivity index (χ2v) is 8.65. The van der Waals surface area contributed by atoms with E-state index in [0.717, 1.165) is 45.6 Å². The Morgan fingerprint density at radius 2 is 2.21 bits per heavy atom. The average molecular weight is 337 g/mol. The third-order valence-corrected chi connectivity index (χ3v) is 7.15. The van der Waals surface area contributed by atoms with Gasteiger partial charge in [0.15, 0.2) is 0 Å². The Kier molecular flexibility index (Phi) is 4.38. The maximum atomic E-state index is 12.4. The van der Waals surface area contributed by atoms with Gasteiger partial charge in [-0.3, -0.25) is 4.79 Å². The number of carbonyl (C=O) groups is 1. The molecule has 0 bridgehead atoms. The lowest BCUT2D eigenvalue weighted by molar-refractivity contribution is -0.147. The lowest BCUT2D eigenvalue weighted by Gasteiger charge is -2.51. The minimum absolute atomic E-state index is 0.0113. The number of ether oxygens (including phenoxy) is 3. The molecule has 0 aromatic rings. The predicted molar refractivity (Wildman–Crippen MR) is 89.6 cm³/mol. The van der Waals surface area contributed by atoms with Crippen molar-refractivity contribution in [3.8, 4) is 0 Å². The predicted octanol–water partition coefficient (Wildman–Crippen LogP) is 2.14. The number of fused-ring (bicyclic) bond motifs is 3. The van der Waals surface area contributed by atoms with Gasteiger partial charge in [0.25, 0.3) is 0 Å². The smallest absolute Gasteiger partial charge is 0.310 e. The van der Waals surface area contributed by atoms with Crippen molar-refractivity contribution in [1.82, 2.24) is 5.32 Å². The van der Waals surface area contributed by atoms with Gasteiger partial charge in [-0.1, -0.05) is 6.92 Å². The van der Waals surface area contributed by atoms with Gasteiger partial charge >= 0.3 is 5.97 Å². The van der Waals surface area contributed by atoms with Gasteiger partial charge in [0.1, 0.15) is 6.10 Å². The van der Waals surface area contributed by atoms with E-state index < -0.39 is 0 Å². The number of nitrogens with one attached hydrogen (secondary N) is 1. The highest BCUT2D eigenvalue weighted by Crippen LogP contribution is 2.62. The van der Waals surface area contributed by atoms with Crippen molar-refractivity contribution in [2.75, 3.05) is 33.4 Å². The molecule has 6 atom stereocenters. The number of methoxy groups -OCH3 is 1. The SMILES string of the molecule is COCCCNC[C@@H]1C(=O)O[C@@H]2C[C@@]3(C)CCC[C@]4(CO4)[C@H]3C[C@H]12. The molecule has 4 rings (SSSR count). The number of hydrogen-bond donors (Lipinski definition) is 1. The lowest BCUT2D eigenvalue weighted by atomic mass is 9.53. The summed E-state index contributed by atoms with van der Waals surface area (Å²) in [5, 5.41) is 3.43. The van der Waals surface area contributed by atoms with Gasteiger partial charge in [-0.25, -0.2) is 0 Å². The first kappa shape index (κ1) is 16.8. The zero-order chi connectivity index (χ0) is 16.8. The molecule has 0 amide bonds. The Labute approximate surface area is 144 Å². The van der Waals surface area contributed by atoms with E-state index in [1.54, 1.807) is 7.11 Å². The topological polar surface area (TPSA) is 60.1 Å². The van der Waals surface area contributed by atoms with Crippen molar-refractivity contribution in [2.24, 2.45) is 23.2 Å². The zero-order valence-corrected chi connectivity index (χ0v) is 15.0. The molecule has 0 aromatic carbocycles. The molecule has 2 heterocycles. The van der Waals surface area contributed by atoms with Crippen LogP contribution < -0.4 is 5.32 Å². The number of rotatable bonds is 6. The monoisotopic (exact) mass is 337 g/mol. The average Bonchev–Trinajstić information content (AvgIpc) is 3.24. The van der Waals surface area contributed by atoms with E-state index in [0.29, 0.717) is 11.8 Å². The second kappa shape index (κ2) is 6.26. The van der Waals surface area contributed by atoms with E-state index in [1.807, 2.05) is 0 Å². The van der Waals surface area contributed by atoms with E-state index in [2.05, 4.69) is 12.2 Å². The number of carbonyl (C=O) groups excluding carboxylic acids is 1. The number of hydrogen-bond acceptors (Lipinski definition) is 5. The fourth-order valence-electron chi connectivity index (χ4n) is 5.79. The summed E-state index contributed by atoms with van der Waals surface area (Å²) < 4.78 is 16.8. The molecule has 0 radical (unpaired) electrons. The van der Waals surface area contributed by atoms with Gasteiger partial charge in [-0.05, 0) is 56.4 Å². The fraction of sp³-hybridized carbons (Fsp3) is 0.947. The third-order valence-electron chi connectivity index (χ3n) is 7.15. The van der Waals surface area contributed by atoms with Crippen LogP contribution in [0.4, 0.5) is 0 Å². The Bertz CT molecular complexity index is 492. The van der Waals surface area contributed by atoms with E-state index in [9.17, 15) is 4.79 Å². The van der Waals surface area contributed by atoms with Gasteiger partial charge in [-0.15, -0.1) is 0 Å². The highest BCUT2D eigenvalue weighted by atomic mass is 16.6. The molecule has 136 valence electrons. The Morgan fingerprint density at radius 3 is 2.96 bits per heavy atom. The summed E-state index contributed by atoms with van der Waals surface area (Å²) in [4.78, 5) is 12.4. The molecule has 5 heteroatoms. The van der Waals surface area contributed by atoms with E-state index in [-0.39, 0.29) is 29.0 Å². The van der Waals surface area contributed by atoms with Crippen LogP contribution in [-0.2, 0) is 19.0 Å². The fourth-order valence-corrected chi connectivity index (χ4v) is 5.79. The van der Waals surface area contributed by atoms with Crippen LogP contribution in [0.5, 0.6) is 0 Å². The molecule has 2 saturated heterocycles. The summed E-state index contributed by atoms with van der Waals surface area (Å²) in [6, 6.07) is 0. The third kappa shape index (κ3) is 2.78. The van der Waals surface area contributed by atoms with Gasteiger partial charge in [0, 0.05) is 26.2 Å². The summed E-state index contributed by atoms with van der Waals surface area (Å²) in [7, 11) is 1.72. The first-order valence-electron chi connectivity index (χ1n) is 9.62. The van der Waals surface area contributed by atoms with Crippen LogP contribution in [0.2, 0.25) is 0 Å². The van der Waals surface area contributed by atoms with Crippen molar-refractivity contribution in [2.45, 2.75) is 57.2 Å². The molecule has 5 nitrogen and oxygen atoms in total. The standard InChI is InChI=1S/C19H31NO4/c1-18-5-3-6-19(12-23-19)16(18)9-13-14(11-20-7-4-8-22-2)17(21)24-15(13)10-18/h13-16,20H,3-12H2,1-2H3/t13-,14+,15-,16+,18-,19+/m1/s1. The quantitative estimate of drug-likeness (QED) is 0.457. The van der Waals surface area contributed by atoms with Crippen LogP contribution in [0.15, 0.2) is 0 Å². The number of esters is 1. The van der Waals surface area contributed by atoms with E-state index in [4.69, 9.17) is 14.2 Å². The van der Waals surface area contributed by atoms with Gasteiger partial charge in [0.05, 0.1) is 18.1 Å². The largest absolute Gasteiger partial charge is 0.462 e. The lowest BCUT2D eigenvalue weighted by Crippen LogP contribution is -2.51. The maximum Gasteiger partial charge on any atom is 0.310 e. The molecule has 4 aliphatic rings. The summed E-state index contributed by atoms with van der Waals surface area (Å²) in [6.45, 7) is 5.72. The first-order valence-corrected chi connectivity index (χ1v) is 9.62.